The fourth-order valence-electron chi connectivity index (χ4n) is 4.99. The second-order valence-electron chi connectivity index (χ2n) is 8.44. The van der Waals surface area contributed by atoms with Gasteiger partial charge < -0.3 is 4.90 Å². The molecule has 2 unspecified atom stereocenters. The molecular weight excluding hydrogens is 246 g/mol. The molecule has 20 heavy (non-hydrogen) atoms. The largest absolute Gasteiger partial charge is 0.301 e. The molecule has 2 heteroatoms. The summed E-state index contributed by atoms with van der Waals surface area (Å²) in [5.74, 6) is 2.01. The Kier molecular flexibility index (Phi) is 3.52. The minimum Gasteiger partial charge on any atom is -0.301 e. The third-order valence-electron chi connectivity index (χ3n) is 6.72. The number of rotatable bonds is 2. The van der Waals surface area contributed by atoms with Crippen LogP contribution in [0.5, 0.6) is 0 Å². The minimum absolute atomic E-state index is 0.134. The van der Waals surface area contributed by atoms with Crippen molar-refractivity contribution in [2.45, 2.75) is 72.3 Å². The van der Waals surface area contributed by atoms with Crippen LogP contribution in [-0.2, 0) is 4.79 Å². The SMILES string of the molecule is CC(C)C1CC12CCC1(CCN(C(C)C)CC1)CC2=O. The number of likely N-dealkylation sites (tertiary alicyclic amines) is 1. The molecule has 1 saturated heterocycles. The van der Waals surface area contributed by atoms with Crippen molar-refractivity contribution in [3.05, 3.63) is 0 Å². The summed E-state index contributed by atoms with van der Waals surface area (Å²) in [6.07, 6.45) is 7.09. The molecule has 2 saturated carbocycles. The number of Topliss-reactive ketones (excluding diaryl/α,β-unsaturated/α-hetero) is 1. The zero-order chi connectivity index (χ0) is 14.5. The molecule has 2 aliphatic carbocycles. The molecule has 0 aromatic carbocycles. The smallest absolute Gasteiger partial charge is 0.139 e. The quantitative estimate of drug-likeness (QED) is 0.763. The lowest BCUT2D eigenvalue weighted by atomic mass is 9.63. The van der Waals surface area contributed by atoms with E-state index < -0.39 is 0 Å². The van der Waals surface area contributed by atoms with Crippen LogP contribution < -0.4 is 0 Å². The van der Waals surface area contributed by atoms with Crippen molar-refractivity contribution in [3.8, 4) is 0 Å². The summed E-state index contributed by atoms with van der Waals surface area (Å²) in [5, 5.41) is 0. The normalized spacial score (nSPS) is 37.3. The molecular formula is C18H31NO. The number of hydrogen-bond acceptors (Lipinski definition) is 2. The number of piperidine rings is 1. The Morgan fingerprint density at radius 2 is 1.70 bits per heavy atom. The van der Waals surface area contributed by atoms with E-state index in [1.165, 1.54) is 45.2 Å². The maximum absolute atomic E-state index is 12.8. The number of ketones is 1. The van der Waals surface area contributed by atoms with E-state index >= 15 is 0 Å². The Morgan fingerprint density at radius 1 is 1.05 bits per heavy atom. The van der Waals surface area contributed by atoms with E-state index in [1.807, 2.05) is 0 Å². The van der Waals surface area contributed by atoms with E-state index in [0.29, 0.717) is 29.1 Å². The van der Waals surface area contributed by atoms with Crippen LogP contribution in [0.2, 0.25) is 0 Å². The molecule has 3 aliphatic rings. The molecule has 2 atom stereocenters. The van der Waals surface area contributed by atoms with Crippen LogP contribution in [-0.4, -0.2) is 29.8 Å². The van der Waals surface area contributed by atoms with Gasteiger partial charge in [-0.05, 0) is 76.3 Å². The first-order valence-corrected chi connectivity index (χ1v) is 8.66. The molecule has 1 aliphatic heterocycles. The van der Waals surface area contributed by atoms with Crippen molar-refractivity contribution in [2.75, 3.05) is 13.1 Å². The predicted octanol–water partition coefficient (Wildman–Crippen LogP) is 3.89. The lowest BCUT2D eigenvalue weighted by Crippen LogP contribution is -2.47. The Morgan fingerprint density at radius 3 is 2.15 bits per heavy atom. The van der Waals surface area contributed by atoms with Crippen molar-refractivity contribution in [2.24, 2.45) is 22.7 Å². The van der Waals surface area contributed by atoms with Crippen molar-refractivity contribution >= 4 is 5.78 Å². The van der Waals surface area contributed by atoms with Crippen LogP contribution in [0.1, 0.15) is 66.2 Å². The number of nitrogens with zero attached hydrogens (tertiary/aromatic N) is 1. The average molecular weight is 277 g/mol. The van der Waals surface area contributed by atoms with Crippen molar-refractivity contribution in [1.29, 1.82) is 0 Å². The fraction of sp³-hybridized carbons (Fsp3) is 0.944. The summed E-state index contributed by atoms with van der Waals surface area (Å²) in [6, 6.07) is 0.659. The molecule has 2 nitrogen and oxygen atoms in total. The number of carbonyl (C=O) groups is 1. The van der Waals surface area contributed by atoms with Gasteiger partial charge >= 0.3 is 0 Å². The first-order valence-electron chi connectivity index (χ1n) is 8.66. The maximum atomic E-state index is 12.8. The third-order valence-corrected chi connectivity index (χ3v) is 6.72. The maximum Gasteiger partial charge on any atom is 0.139 e. The molecule has 3 fully saturated rings. The summed E-state index contributed by atoms with van der Waals surface area (Å²) >= 11 is 0. The van der Waals surface area contributed by atoms with Crippen molar-refractivity contribution < 1.29 is 4.79 Å². The zero-order valence-corrected chi connectivity index (χ0v) is 13.7. The highest BCUT2D eigenvalue weighted by Gasteiger charge is 2.63. The fourth-order valence-corrected chi connectivity index (χ4v) is 4.99. The van der Waals surface area contributed by atoms with Crippen LogP contribution in [0.15, 0.2) is 0 Å². The van der Waals surface area contributed by atoms with E-state index in [0.717, 1.165) is 6.42 Å². The first-order chi connectivity index (χ1) is 9.39. The molecule has 0 amide bonds. The highest BCUT2D eigenvalue weighted by Crippen LogP contribution is 2.65. The van der Waals surface area contributed by atoms with Gasteiger partial charge in [-0.3, -0.25) is 4.79 Å². The molecule has 1 heterocycles. The summed E-state index contributed by atoms with van der Waals surface area (Å²) in [5.41, 5.74) is 0.506. The van der Waals surface area contributed by atoms with Crippen LogP contribution >= 0.6 is 0 Å². The summed E-state index contributed by atoms with van der Waals surface area (Å²) in [4.78, 5) is 15.3. The van der Waals surface area contributed by atoms with Crippen molar-refractivity contribution in [1.82, 2.24) is 4.90 Å². The second kappa shape index (κ2) is 4.83. The van der Waals surface area contributed by atoms with E-state index in [-0.39, 0.29) is 5.41 Å². The summed E-state index contributed by atoms with van der Waals surface area (Å²) in [6.45, 7) is 11.6. The highest BCUT2D eigenvalue weighted by atomic mass is 16.1. The lowest BCUT2D eigenvalue weighted by Gasteiger charge is -2.47. The van der Waals surface area contributed by atoms with Gasteiger partial charge in [0.1, 0.15) is 5.78 Å². The molecule has 0 radical (unpaired) electrons. The molecule has 0 aromatic rings. The number of hydrogen-bond donors (Lipinski definition) is 0. The molecule has 3 rings (SSSR count). The monoisotopic (exact) mass is 277 g/mol. The summed E-state index contributed by atoms with van der Waals surface area (Å²) < 4.78 is 0. The van der Waals surface area contributed by atoms with Gasteiger partial charge in [-0.2, -0.15) is 0 Å². The van der Waals surface area contributed by atoms with Crippen molar-refractivity contribution in [3.63, 3.8) is 0 Å². The van der Waals surface area contributed by atoms with Crippen LogP contribution in [0, 0.1) is 22.7 Å². The standard InChI is InChI=1S/C18H31NO/c1-13(2)15-11-18(15)6-5-17(12-16(18)20)7-9-19(10-8-17)14(3)4/h13-15H,5-12H2,1-4H3. The number of carbonyl (C=O) groups excluding carboxylic acids is 1. The third kappa shape index (κ3) is 2.24. The van der Waals surface area contributed by atoms with Gasteiger partial charge in [-0.25, -0.2) is 0 Å². The van der Waals surface area contributed by atoms with Gasteiger partial charge in [0.05, 0.1) is 0 Å². The zero-order valence-electron chi connectivity index (χ0n) is 13.7. The Balaban J connectivity index is 1.62. The van der Waals surface area contributed by atoms with Gasteiger partial charge in [0.2, 0.25) is 0 Å². The van der Waals surface area contributed by atoms with Gasteiger partial charge in [0.15, 0.2) is 0 Å². The molecule has 0 aromatic heterocycles. The highest BCUT2D eigenvalue weighted by molar-refractivity contribution is 5.89. The molecule has 2 spiro atoms. The first kappa shape index (κ1) is 14.6. The topological polar surface area (TPSA) is 20.3 Å². The average Bonchev–Trinajstić information content (AvgIpc) is 3.12. The summed E-state index contributed by atoms with van der Waals surface area (Å²) in [7, 11) is 0. The Hall–Kier alpha value is -0.370. The van der Waals surface area contributed by atoms with Gasteiger partial charge in [0, 0.05) is 17.9 Å². The van der Waals surface area contributed by atoms with Gasteiger partial charge in [0.25, 0.3) is 0 Å². The minimum atomic E-state index is 0.134. The molecule has 0 N–H and O–H groups in total. The Bertz CT molecular complexity index is 392. The van der Waals surface area contributed by atoms with Crippen LogP contribution in [0.3, 0.4) is 0 Å². The molecule has 114 valence electrons. The van der Waals surface area contributed by atoms with Gasteiger partial charge in [-0.15, -0.1) is 0 Å². The van der Waals surface area contributed by atoms with Crippen LogP contribution in [0.4, 0.5) is 0 Å². The molecule has 0 bridgehead atoms. The van der Waals surface area contributed by atoms with E-state index in [4.69, 9.17) is 0 Å². The van der Waals surface area contributed by atoms with E-state index in [1.54, 1.807) is 0 Å². The predicted molar refractivity (Wildman–Crippen MR) is 82.6 cm³/mol. The van der Waals surface area contributed by atoms with E-state index in [9.17, 15) is 4.79 Å². The second-order valence-corrected chi connectivity index (χ2v) is 8.44. The Labute approximate surface area is 124 Å². The van der Waals surface area contributed by atoms with Crippen LogP contribution in [0.25, 0.3) is 0 Å². The van der Waals surface area contributed by atoms with Gasteiger partial charge in [-0.1, -0.05) is 13.8 Å². The van der Waals surface area contributed by atoms with E-state index in [2.05, 4.69) is 32.6 Å². The lowest BCUT2D eigenvalue weighted by molar-refractivity contribution is -0.133.